The van der Waals surface area contributed by atoms with Crippen molar-refractivity contribution in [3.63, 3.8) is 0 Å². The SMILES string of the molecule is CCN(CC(=O)N[C@@H](C)c1ccc(F)cc1)S(=O)(=O)c1ccc(Br)cc1. The molecule has 0 saturated carbocycles. The molecule has 0 aliphatic carbocycles. The van der Waals surface area contributed by atoms with Crippen LogP contribution in [0.4, 0.5) is 4.39 Å². The summed E-state index contributed by atoms with van der Waals surface area (Å²) in [5.41, 5.74) is 0.735. The molecule has 1 amide bonds. The van der Waals surface area contributed by atoms with Gasteiger partial charge in [-0.1, -0.05) is 35.0 Å². The summed E-state index contributed by atoms with van der Waals surface area (Å²) >= 11 is 3.26. The maximum absolute atomic E-state index is 13.0. The van der Waals surface area contributed by atoms with Crippen LogP contribution in [0, 0.1) is 5.82 Å². The number of sulfonamides is 1. The van der Waals surface area contributed by atoms with Gasteiger partial charge in [0.1, 0.15) is 5.82 Å². The molecule has 0 aromatic heterocycles. The van der Waals surface area contributed by atoms with Gasteiger partial charge in [0, 0.05) is 11.0 Å². The van der Waals surface area contributed by atoms with Crippen LogP contribution in [0.15, 0.2) is 57.9 Å². The number of amides is 1. The van der Waals surface area contributed by atoms with E-state index in [1.807, 2.05) is 0 Å². The van der Waals surface area contributed by atoms with Gasteiger partial charge in [-0.3, -0.25) is 4.79 Å². The molecule has 2 aromatic carbocycles. The van der Waals surface area contributed by atoms with E-state index in [4.69, 9.17) is 0 Å². The molecular formula is C18H20BrFN2O3S. The Hall–Kier alpha value is -1.77. The number of likely N-dealkylation sites (N-methyl/N-ethyl adjacent to an activating group) is 1. The Morgan fingerprint density at radius 2 is 1.73 bits per heavy atom. The maximum Gasteiger partial charge on any atom is 0.243 e. The van der Waals surface area contributed by atoms with Gasteiger partial charge >= 0.3 is 0 Å². The molecule has 5 nitrogen and oxygen atoms in total. The number of hydrogen-bond acceptors (Lipinski definition) is 3. The minimum absolute atomic E-state index is 0.127. The molecule has 0 bridgehead atoms. The summed E-state index contributed by atoms with van der Waals surface area (Å²) in [6.07, 6.45) is 0. The fourth-order valence-electron chi connectivity index (χ4n) is 2.40. The highest BCUT2D eigenvalue weighted by Crippen LogP contribution is 2.19. The molecule has 1 atom stereocenters. The van der Waals surface area contributed by atoms with Gasteiger partial charge in [-0.05, 0) is 48.9 Å². The molecule has 0 aliphatic heterocycles. The fourth-order valence-corrected chi connectivity index (χ4v) is 4.07. The average Bonchev–Trinajstić information content (AvgIpc) is 2.60. The van der Waals surface area contributed by atoms with Crippen LogP contribution in [0.25, 0.3) is 0 Å². The summed E-state index contributed by atoms with van der Waals surface area (Å²) in [5.74, 6) is -0.783. The second-order valence-electron chi connectivity index (χ2n) is 5.73. The number of nitrogens with zero attached hydrogens (tertiary/aromatic N) is 1. The van der Waals surface area contributed by atoms with Gasteiger partial charge < -0.3 is 5.32 Å². The summed E-state index contributed by atoms with van der Waals surface area (Å²) in [5, 5.41) is 2.74. The molecule has 1 N–H and O–H groups in total. The van der Waals surface area contributed by atoms with Crippen LogP contribution in [-0.2, 0) is 14.8 Å². The lowest BCUT2D eigenvalue weighted by molar-refractivity contribution is -0.121. The molecule has 0 saturated heterocycles. The lowest BCUT2D eigenvalue weighted by atomic mass is 10.1. The third kappa shape index (κ3) is 5.12. The van der Waals surface area contributed by atoms with Crippen LogP contribution in [0.3, 0.4) is 0 Å². The van der Waals surface area contributed by atoms with Crippen molar-refractivity contribution in [2.24, 2.45) is 0 Å². The van der Waals surface area contributed by atoms with E-state index in [0.717, 1.165) is 14.3 Å². The molecule has 0 aliphatic rings. The molecule has 0 radical (unpaired) electrons. The highest BCUT2D eigenvalue weighted by Gasteiger charge is 2.25. The second kappa shape index (κ2) is 8.75. The van der Waals surface area contributed by atoms with Crippen molar-refractivity contribution in [2.75, 3.05) is 13.1 Å². The number of carbonyl (C=O) groups is 1. The van der Waals surface area contributed by atoms with E-state index in [0.29, 0.717) is 0 Å². The van der Waals surface area contributed by atoms with Crippen LogP contribution < -0.4 is 5.32 Å². The zero-order valence-electron chi connectivity index (χ0n) is 14.4. The summed E-state index contributed by atoms with van der Waals surface area (Å²) < 4.78 is 40.3. The van der Waals surface area contributed by atoms with Crippen LogP contribution in [0.2, 0.25) is 0 Å². The van der Waals surface area contributed by atoms with E-state index in [-0.39, 0.29) is 29.8 Å². The summed E-state index contributed by atoms with van der Waals surface area (Å²) in [7, 11) is -3.77. The topological polar surface area (TPSA) is 66.5 Å². The van der Waals surface area contributed by atoms with Crippen LogP contribution >= 0.6 is 15.9 Å². The lowest BCUT2D eigenvalue weighted by Gasteiger charge is -2.22. The molecule has 0 fully saturated rings. The minimum Gasteiger partial charge on any atom is -0.348 e. The van der Waals surface area contributed by atoms with Crippen molar-refractivity contribution in [2.45, 2.75) is 24.8 Å². The zero-order chi connectivity index (χ0) is 19.3. The second-order valence-corrected chi connectivity index (χ2v) is 8.58. The molecular weight excluding hydrogens is 423 g/mol. The quantitative estimate of drug-likeness (QED) is 0.713. The predicted octanol–water partition coefficient (Wildman–Crippen LogP) is 3.48. The Morgan fingerprint density at radius 3 is 2.27 bits per heavy atom. The number of hydrogen-bond donors (Lipinski definition) is 1. The van der Waals surface area contributed by atoms with Gasteiger partial charge in [0.25, 0.3) is 0 Å². The van der Waals surface area contributed by atoms with Crippen molar-refractivity contribution in [1.29, 1.82) is 0 Å². The van der Waals surface area contributed by atoms with E-state index in [1.165, 1.54) is 24.3 Å². The van der Waals surface area contributed by atoms with Crippen LogP contribution in [0.5, 0.6) is 0 Å². The Balaban J connectivity index is 2.07. The van der Waals surface area contributed by atoms with Gasteiger partial charge in [0.05, 0.1) is 17.5 Å². The number of benzene rings is 2. The molecule has 26 heavy (non-hydrogen) atoms. The van der Waals surface area contributed by atoms with Crippen molar-refractivity contribution in [3.8, 4) is 0 Å². The van der Waals surface area contributed by atoms with Crippen LogP contribution in [0.1, 0.15) is 25.5 Å². The Bertz CT molecular complexity index is 855. The van der Waals surface area contributed by atoms with Crippen molar-refractivity contribution < 1.29 is 17.6 Å². The van der Waals surface area contributed by atoms with E-state index >= 15 is 0 Å². The monoisotopic (exact) mass is 442 g/mol. The first-order chi connectivity index (χ1) is 12.2. The Labute approximate surface area is 161 Å². The molecule has 0 spiro atoms. The van der Waals surface area contributed by atoms with Gasteiger partial charge in [-0.15, -0.1) is 0 Å². The van der Waals surface area contributed by atoms with E-state index in [2.05, 4.69) is 21.2 Å². The predicted molar refractivity (Wildman–Crippen MR) is 102 cm³/mol. The summed E-state index contributed by atoms with van der Waals surface area (Å²) in [6.45, 7) is 3.30. The lowest BCUT2D eigenvalue weighted by Crippen LogP contribution is -2.41. The number of nitrogens with one attached hydrogen (secondary N) is 1. The standard InChI is InChI=1S/C18H20BrFN2O3S/c1-3-22(26(24,25)17-10-6-15(19)7-11-17)12-18(23)21-13(2)14-4-8-16(20)9-5-14/h4-11,13H,3,12H2,1-2H3,(H,21,23)/t13-/m0/s1. The largest absolute Gasteiger partial charge is 0.348 e. The Kier molecular flexibility index (Phi) is 6.91. The first-order valence-electron chi connectivity index (χ1n) is 8.04. The third-order valence-corrected chi connectivity index (χ3v) is 6.34. The van der Waals surface area contributed by atoms with Gasteiger partial charge in [0.15, 0.2) is 0 Å². The normalized spacial score (nSPS) is 12.8. The molecule has 0 heterocycles. The number of halogens is 2. The Morgan fingerprint density at radius 1 is 1.15 bits per heavy atom. The van der Waals surface area contributed by atoms with E-state index < -0.39 is 15.9 Å². The van der Waals surface area contributed by atoms with Crippen molar-refractivity contribution in [3.05, 3.63) is 64.4 Å². The van der Waals surface area contributed by atoms with Crippen molar-refractivity contribution in [1.82, 2.24) is 9.62 Å². The smallest absolute Gasteiger partial charge is 0.243 e. The van der Waals surface area contributed by atoms with E-state index in [9.17, 15) is 17.6 Å². The zero-order valence-corrected chi connectivity index (χ0v) is 16.8. The van der Waals surface area contributed by atoms with E-state index in [1.54, 1.807) is 38.1 Å². The minimum atomic E-state index is -3.77. The molecule has 140 valence electrons. The molecule has 2 rings (SSSR count). The molecule has 0 unspecified atom stereocenters. The van der Waals surface area contributed by atoms with Gasteiger partial charge in [-0.25, -0.2) is 12.8 Å². The molecule has 8 heteroatoms. The fraction of sp³-hybridized carbons (Fsp3) is 0.278. The maximum atomic E-state index is 13.0. The number of rotatable bonds is 7. The highest BCUT2D eigenvalue weighted by atomic mass is 79.9. The first-order valence-corrected chi connectivity index (χ1v) is 10.3. The third-order valence-electron chi connectivity index (χ3n) is 3.87. The summed E-state index contributed by atoms with van der Waals surface area (Å²) in [4.78, 5) is 12.4. The average molecular weight is 443 g/mol. The van der Waals surface area contributed by atoms with Crippen LogP contribution in [-0.4, -0.2) is 31.7 Å². The summed E-state index contributed by atoms with van der Waals surface area (Å²) in [6, 6.07) is 11.7. The first kappa shape index (κ1) is 20.5. The highest BCUT2D eigenvalue weighted by molar-refractivity contribution is 9.10. The van der Waals surface area contributed by atoms with Gasteiger partial charge in [-0.2, -0.15) is 4.31 Å². The van der Waals surface area contributed by atoms with Gasteiger partial charge in [0.2, 0.25) is 15.9 Å². The number of carbonyl (C=O) groups excluding carboxylic acids is 1. The molecule has 2 aromatic rings. The van der Waals surface area contributed by atoms with Crippen molar-refractivity contribution >= 4 is 31.9 Å².